The third kappa shape index (κ3) is 1.86. The van der Waals surface area contributed by atoms with Crippen molar-refractivity contribution in [3.63, 3.8) is 0 Å². The van der Waals surface area contributed by atoms with Gasteiger partial charge < -0.3 is 10.2 Å². The van der Waals surface area contributed by atoms with Crippen molar-refractivity contribution in [3.05, 3.63) is 47.6 Å². The van der Waals surface area contributed by atoms with Gasteiger partial charge in [0.15, 0.2) is 5.03 Å². The van der Waals surface area contributed by atoms with Crippen LogP contribution in [0.4, 0.5) is 5.69 Å². The number of benzene rings is 2. The molecule has 5 heteroatoms. The lowest BCUT2D eigenvalue weighted by Crippen LogP contribution is -2.09. The second kappa shape index (κ2) is 3.99. The Morgan fingerprint density at radius 3 is 2.26 bits per heavy atom. The Morgan fingerprint density at radius 2 is 1.63 bits per heavy atom. The lowest BCUT2D eigenvalue weighted by molar-refractivity contribution is 0.603. The topological polar surface area (TPSA) is 59.3 Å². The molecular formula is C14H14N2O2S. The van der Waals surface area contributed by atoms with Crippen molar-refractivity contribution in [3.8, 4) is 0 Å². The van der Waals surface area contributed by atoms with Gasteiger partial charge in [0.05, 0.1) is 4.90 Å². The standard InChI is InChI=1S/C14H14N2O2S/c1-16(2)12-7-3-6-11-10(12)5-4-8-13(11)19(17,18)14-9-15-14/h3-9,15H,1-2H3. The molecule has 1 aliphatic heterocycles. The van der Waals surface area contributed by atoms with Crippen molar-refractivity contribution in [2.75, 3.05) is 19.0 Å². The van der Waals surface area contributed by atoms with Gasteiger partial charge in [0.1, 0.15) is 0 Å². The predicted octanol–water partition coefficient (Wildman–Crippen LogP) is 2.08. The second-order valence-corrected chi connectivity index (χ2v) is 6.57. The lowest BCUT2D eigenvalue weighted by Gasteiger charge is -2.16. The number of sulfone groups is 1. The molecule has 0 saturated heterocycles. The number of nitrogens with one attached hydrogen (secondary N) is 1. The van der Waals surface area contributed by atoms with Crippen LogP contribution >= 0.6 is 0 Å². The number of nitrogens with zero attached hydrogens (tertiary/aromatic N) is 1. The number of rotatable bonds is 3. The zero-order valence-corrected chi connectivity index (χ0v) is 11.5. The Bertz CT molecular complexity index is 792. The van der Waals surface area contributed by atoms with E-state index in [0.29, 0.717) is 4.90 Å². The maximum atomic E-state index is 12.3. The molecule has 0 radical (unpaired) electrons. The quantitative estimate of drug-likeness (QED) is 0.931. The first-order chi connectivity index (χ1) is 9.01. The SMILES string of the molecule is CN(C)c1cccc2c(S(=O)(=O)C3=CN3)cccc12. The number of hydrogen-bond donors (Lipinski definition) is 1. The number of fused-ring (bicyclic) bond motifs is 1. The third-order valence-corrected chi connectivity index (χ3v) is 4.93. The fourth-order valence-corrected chi connectivity index (χ4v) is 3.52. The molecule has 0 bridgehead atoms. The molecule has 0 aromatic heterocycles. The van der Waals surface area contributed by atoms with Gasteiger partial charge in [-0.2, -0.15) is 0 Å². The van der Waals surface area contributed by atoms with E-state index < -0.39 is 9.84 Å². The third-order valence-electron chi connectivity index (χ3n) is 3.18. The Kier molecular flexibility index (Phi) is 2.53. The molecule has 2 aromatic carbocycles. The summed E-state index contributed by atoms with van der Waals surface area (Å²) in [6.07, 6.45) is 1.50. The summed E-state index contributed by atoms with van der Waals surface area (Å²) in [6.45, 7) is 0. The van der Waals surface area contributed by atoms with Gasteiger partial charge >= 0.3 is 0 Å². The first kappa shape index (κ1) is 12.0. The minimum atomic E-state index is -3.40. The highest BCUT2D eigenvalue weighted by molar-refractivity contribution is 7.95. The van der Waals surface area contributed by atoms with E-state index in [-0.39, 0.29) is 5.03 Å². The van der Waals surface area contributed by atoms with Gasteiger partial charge in [-0.05, 0) is 12.1 Å². The van der Waals surface area contributed by atoms with E-state index >= 15 is 0 Å². The highest BCUT2D eigenvalue weighted by Crippen LogP contribution is 2.33. The van der Waals surface area contributed by atoms with Crippen LogP contribution in [0, 0.1) is 0 Å². The van der Waals surface area contributed by atoms with E-state index in [1.54, 1.807) is 12.1 Å². The molecule has 0 fully saturated rings. The average molecular weight is 274 g/mol. The molecule has 2 aromatic rings. The molecule has 0 amide bonds. The largest absolute Gasteiger partial charge is 0.377 e. The maximum Gasteiger partial charge on any atom is 0.223 e. The summed E-state index contributed by atoms with van der Waals surface area (Å²) in [5, 5.41) is 4.65. The van der Waals surface area contributed by atoms with Gasteiger partial charge in [0, 0.05) is 36.8 Å². The first-order valence-electron chi connectivity index (χ1n) is 5.92. The molecule has 0 unspecified atom stereocenters. The smallest absolute Gasteiger partial charge is 0.223 e. The molecule has 0 saturated carbocycles. The normalized spacial score (nSPS) is 13.9. The fourth-order valence-electron chi connectivity index (χ4n) is 2.19. The molecule has 0 atom stereocenters. The van der Waals surface area contributed by atoms with Gasteiger partial charge in [-0.1, -0.05) is 24.3 Å². The van der Waals surface area contributed by atoms with Crippen LogP contribution in [-0.4, -0.2) is 22.5 Å². The molecule has 19 heavy (non-hydrogen) atoms. The zero-order valence-electron chi connectivity index (χ0n) is 10.7. The first-order valence-corrected chi connectivity index (χ1v) is 7.41. The molecule has 1 N–H and O–H groups in total. The van der Waals surface area contributed by atoms with Crippen molar-refractivity contribution >= 4 is 26.3 Å². The highest BCUT2D eigenvalue weighted by Gasteiger charge is 2.28. The van der Waals surface area contributed by atoms with Gasteiger partial charge in [-0.15, -0.1) is 0 Å². The van der Waals surface area contributed by atoms with Gasteiger partial charge in [0.25, 0.3) is 0 Å². The van der Waals surface area contributed by atoms with E-state index in [9.17, 15) is 8.42 Å². The zero-order chi connectivity index (χ0) is 13.6. The Labute approximate surface area is 112 Å². The summed E-state index contributed by atoms with van der Waals surface area (Å²) in [5.41, 5.74) is 1.01. The fraction of sp³-hybridized carbons (Fsp3) is 0.143. The average Bonchev–Trinajstić information content (AvgIpc) is 3.21. The summed E-state index contributed by atoms with van der Waals surface area (Å²) < 4.78 is 24.7. The van der Waals surface area contributed by atoms with Crippen LogP contribution in [0.1, 0.15) is 0 Å². The van der Waals surface area contributed by atoms with Gasteiger partial charge in [0.2, 0.25) is 9.84 Å². The van der Waals surface area contributed by atoms with Gasteiger partial charge in [-0.3, -0.25) is 0 Å². The Hall–Kier alpha value is -2.01. The molecule has 98 valence electrons. The van der Waals surface area contributed by atoms with Crippen molar-refractivity contribution in [2.24, 2.45) is 0 Å². The molecular weight excluding hydrogens is 260 g/mol. The summed E-state index contributed by atoms with van der Waals surface area (Å²) in [7, 11) is 0.487. The van der Waals surface area contributed by atoms with Crippen LogP contribution in [0.3, 0.4) is 0 Å². The van der Waals surface area contributed by atoms with Crippen LogP contribution in [0.25, 0.3) is 10.8 Å². The highest BCUT2D eigenvalue weighted by atomic mass is 32.2. The van der Waals surface area contributed by atoms with E-state index in [1.807, 2.05) is 43.3 Å². The molecule has 0 aliphatic carbocycles. The van der Waals surface area contributed by atoms with Crippen LogP contribution in [0.2, 0.25) is 0 Å². The van der Waals surface area contributed by atoms with E-state index in [0.717, 1.165) is 16.5 Å². The summed E-state index contributed by atoms with van der Waals surface area (Å²) in [4.78, 5) is 2.33. The molecule has 0 spiro atoms. The van der Waals surface area contributed by atoms with Crippen molar-refractivity contribution in [1.82, 2.24) is 5.32 Å². The lowest BCUT2D eigenvalue weighted by atomic mass is 10.1. The van der Waals surface area contributed by atoms with Crippen LogP contribution < -0.4 is 10.2 Å². The predicted molar refractivity (Wildman–Crippen MR) is 76.7 cm³/mol. The maximum absolute atomic E-state index is 12.3. The number of anilines is 1. The Balaban J connectivity index is 2.34. The molecule has 4 nitrogen and oxygen atoms in total. The summed E-state index contributed by atoms with van der Waals surface area (Å²) >= 11 is 0. The number of hydrogen-bond acceptors (Lipinski definition) is 4. The van der Waals surface area contributed by atoms with Crippen molar-refractivity contribution in [1.29, 1.82) is 0 Å². The van der Waals surface area contributed by atoms with Gasteiger partial charge in [-0.25, -0.2) is 8.42 Å². The van der Waals surface area contributed by atoms with E-state index in [2.05, 4.69) is 5.32 Å². The van der Waals surface area contributed by atoms with Crippen LogP contribution in [0.5, 0.6) is 0 Å². The van der Waals surface area contributed by atoms with E-state index in [1.165, 1.54) is 6.20 Å². The molecule has 3 rings (SSSR count). The van der Waals surface area contributed by atoms with Crippen LogP contribution in [0.15, 0.2) is 52.5 Å². The Morgan fingerprint density at radius 1 is 1.00 bits per heavy atom. The van der Waals surface area contributed by atoms with Crippen molar-refractivity contribution in [2.45, 2.75) is 4.90 Å². The van der Waals surface area contributed by atoms with E-state index in [4.69, 9.17) is 0 Å². The van der Waals surface area contributed by atoms with Crippen molar-refractivity contribution < 1.29 is 8.42 Å². The molecule has 1 heterocycles. The minimum absolute atomic E-state index is 0.287. The summed E-state index contributed by atoms with van der Waals surface area (Å²) in [5.74, 6) is 0. The van der Waals surface area contributed by atoms with Crippen LogP contribution in [-0.2, 0) is 9.84 Å². The summed E-state index contributed by atoms with van der Waals surface area (Å²) in [6, 6.07) is 11.1. The minimum Gasteiger partial charge on any atom is -0.377 e. The molecule has 1 aliphatic rings. The monoisotopic (exact) mass is 274 g/mol. The second-order valence-electron chi connectivity index (χ2n) is 4.68.